The van der Waals surface area contributed by atoms with Gasteiger partial charge >= 0.3 is 5.97 Å². The van der Waals surface area contributed by atoms with Crippen LogP contribution in [-0.4, -0.2) is 30.0 Å². The summed E-state index contributed by atoms with van der Waals surface area (Å²) >= 11 is 0. The van der Waals surface area contributed by atoms with Crippen LogP contribution in [-0.2, 0) is 16.1 Å². The summed E-state index contributed by atoms with van der Waals surface area (Å²) in [7, 11) is 5.46. The molecule has 0 bridgehead atoms. The number of hydrogen-bond acceptors (Lipinski definition) is 6. The van der Waals surface area contributed by atoms with Gasteiger partial charge in [0.2, 0.25) is 5.91 Å². The van der Waals surface area contributed by atoms with Gasteiger partial charge in [0.1, 0.15) is 0 Å². The standard InChI is InChI=1S/C18H25NO4S2/c1-13(20)23-17-11-14(7-8-16(17)22-2)12-19-18(21)6-4-3-5-15-9-10-24-25-15/h7-8,11,15H,3-6,9-10,12H2,1-2H3,(H,19,21)/t15-/m1/s1. The summed E-state index contributed by atoms with van der Waals surface area (Å²) in [6.07, 6.45) is 5.08. The molecule has 1 atom stereocenters. The van der Waals surface area contributed by atoms with Gasteiger partial charge in [-0.3, -0.25) is 9.59 Å². The van der Waals surface area contributed by atoms with Crippen molar-refractivity contribution in [2.24, 2.45) is 0 Å². The van der Waals surface area contributed by atoms with Crippen LogP contribution in [0.3, 0.4) is 0 Å². The van der Waals surface area contributed by atoms with Crippen molar-refractivity contribution in [3.63, 3.8) is 0 Å². The van der Waals surface area contributed by atoms with Crippen LogP contribution in [0.1, 0.15) is 44.6 Å². The van der Waals surface area contributed by atoms with Crippen LogP contribution >= 0.6 is 21.6 Å². The maximum Gasteiger partial charge on any atom is 0.308 e. The number of carbonyl (C=O) groups excluding carboxylic acids is 2. The molecule has 1 aliphatic heterocycles. The fourth-order valence-corrected chi connectivity index (χ4v) is 5.60. The quantitative estimate of drug-likeness (QED) is 0.301. The van der Waals surface area contributed by atoms with Gasteiger partial charge in [-0.05, 0) is 37.0 Å². The molecular formula is C18H25NO4S2. The Hall–Kier alpha value is -1.34. The highest BCUT2D eigenvalue weighted by Crippen LogP contribution is 2.39. The first-order valence-corrected chi connectivity index (χ1v) is 10.9. The van der Waals surface area contributed by atoms with E-state index in [0.717, 1.165) is 23.7 Å². The van der Waals surface area contributed by atoms with Crippen molar-refractivity contribution in [2.45, 2.75) is 50.8 Å². The highest BCUT2D eigenvalue weighted by Gasteiger charge is 2.16. The van der Waals surface area contributed by atoms with E-state index in [1.54, 1.807) is 12.1 Å². The van der Waals surface area contributed by atoms with E-state index in [1.165, 1.54) is 32.6 Å². The lowest BCUT2D eigenvalue weighted by Gasteiger charge is -2.11. The molecule has 0 aliphatic carbocycles. The van der Waals surface area contributed by atoms with Crippen LogP contribution in [0.25, 0.3) is 0 Å². The molecular weight excluding hydrogens is 358 g/mol. The van der Waals surface area contributed by atoms with Gasteiger partial charge in [-0.25, -0.2) is 0 Å². The molecule has 1 aromatic carbocycles. The van der Waals surface area contributed by atoms with Gasteiger partial charge in [0.15, 0.2) is 11.5 Å². The minimum Gasteiger partial charge on any atom is -0.493 e. The summed E-state index contributed by atoms with van der Waals surface area (Å²) in [6.45, 7) is 1.75. The molecule has 1 fully saturated rings. The number of rotatable bonds is 9. The molecule has 2 rings (SSSR count). The van der Waals surface area contributed by atoms with Crippen LogP contribution in [0, 0.1) is 0 Å². The van der Waals surface area contributed by atoms with Crippen molar-refractivity contribution in [1.29, 1.82) is 0 Å². The third-order valence-corrected chi connectivity index (χ3v) is 6.89. The van der Waals surface area contributed by atoms with Crippen LogP contribution in [0.5, 0.6) is 11.5 Å². The zero-order valence-corrected chi connectivity index (χ0v) is 16.3. The van der Waals surface area contributed by atoms with Gasteiger partial charge in [0, 0.05) is 30.9 Å². The van der Waals surface area contributed by atoms with Gasteiger partial charge in [-0.1, -0.05) is 34.1 Å². The van der Waals surface area contributed by atoms with E-state index < -0.39 is 5.97 Å². The molecule has 0 saturated carbocycles. The van der Waals surface area contributed by atoms with Crippen molar-refractivity contribution >= 4 is 33.5 Å². The molecule has 1 heterocycles. The topological polar surface area (TPSA) is 64.6 Å². The maximum absolute atomic E-state index is 12.0. The number of benzene rings is 1. The van der Waals surface area contributed by atoms with Crippen LogP contribution in [0.4, 0.5) is 0 Å². The molecule has 7 heteroatoms. The molecule has 1 aliphatic rings. The summed E-state index contributed by atoms with van der Waals surface area (Å²) in [5.41, 5.74) is 0.866. The van der Waals surface area contributed by atoms with Gasteiger partial charge in [0.25, 0.3) is 0 Å². The largest absolute Gasteiger partial charge is 0.493 e. The summed E-state index contributed by atoms with van der Waals surface area (Å²) in [6, 6.07) is 5.30. The molecule has 1 N–H and O–H groups in total. The Kier molecular flexibility index (Phi) is 8.48. The lowest BCUT2D eigenvalue weighted by Crippen LogP contribution is -2.22. The van der Waals surface area contributed by atoms with Gasteiger partial charge in [-0.2, -0.15) is 0 Å². The van der Waals surface area contributed by atoms with Crippen LogP contribution in [0.2, 0.25) is 0 Å². The first-order chi connectivity index (χ1) is 12.1. The number of nitrogens with one attached hydrogen (secondary N) is 1. The number of methoxy groups -OCH3 is 1. The van der Waals surface area contributed by atoms with Gasteiger partial charge in [-0.15, -0.1) is 0 Å². The van der Waals surface area contributed by atoms with E-state index >= 15 is 0 Å². The van der Waals surface area contributed by atoms with E-state index in [1.807, 2.05) is 27.7 Å². The Morgan fingerprint density at radius 3 is 2.80 bits per heavy atom. The zero-order chi connectivity index (χ0) is 18.1. The highest BCUT2D eigenvalue weighted by molar-refractivity contribution is 8.77. The third-order valence-electron chi connectivity index (χ3n) is 3.88. The zero-order valence-electron chi connectivity index (χ0n) is 14.7. The summed E-state index contributed by atoms with van der Waals surface area (Å²) in [5, 5.41) is 3.69. The summed E-state index contributed by atoms with van der Waals surface area (Å²) in [4.78, 5) is 23.1. The molecule has 1 saturated heterocycles. The van der Waals surface area contributed by atoms with Crippen molar-refractivity contribution in [1.82, 2.24) is 5.32 Å². The van der Waals surface area contributed by atoms with E-state index in [0.29, 0.717) is 24.5 Å². The average Bonchev–Trinajstić information content (AvgIpc) is 3.10. The average molecular weight is 384 g/mol. The number of carbonyl (C=O) groups is 2. The Bertz CT molecular complexity index is 588. The first kappa shape index (κ1) is 20.0. The molecule has 0 aromatic heterocycles. The fraction of sp³-hybridized carbons (Fsp3) is 0.556. The Morgan fingerprint density at radius 1 is 1.28 bits per heavy atom. The molecule has 5 nitrogen and oxygen atoms in total. The third kappa shape index (κ3) is 7.20. The van der Waals surface area contributed by atoms with E-state index in [4.69, 9.17) is 9.47 Å². The first-order valence-electron chi connectivity index (χ1n) is 8.49. The number of hydrogen-bond donors (Lipinski definition) is 1. The van der Waals surface area contributed by atoms with Crippen molar-refractivity contribution in [3.05, 3.63) is 23.8 Å². The second-order valence-corrected chi connectivity index (χ2v) is 8.72. The van der Waals surface area contributed by atoms with E-state index in [-0.39, 0.29) is 5.91 Å². The number of unbranched alkanes of at least 4 members (excludes halogenated alkanes) is 1. The minimum absolute atomic E-state index is 0.0540. The number of amides is 1. The number of ether oxygens (including phenoxy) is 2. The van der Waals surface area contributed by atoms with E-state index in [2.05, 4.69) is 5.32 Å². The predicted octanol–water partition coefficient (Wildman–Crippen LogP) is 3.95. The molecule has 0 spiro atoms. The smallest absolute Gasteiger partial charge is 0.308 e. The molecule has 0 unspecified atom stereocenters. The Labute approximate surface area is 157 Å². The minimum atomic E-state index is -0.404. The Balaban J connectivity index is 1.72. The number of esters is 1. The van der Waals surface area contributed by atoms with Crippen molar-refractivity contribution < 1.29 is 19.1 Å². The van der Waals surface area contributed by atoms with Crippen LogP contribution in [0.15, 0.2) is 18.2 Å². The molecule has 138 valence electrons. The highest BCUT2D eigenvalue weighted by atomic mass is 33.1. The van der Waals surface area contributed by atoms with E-state index in [9.17, 15) is 9.59 Å². The van der Waals surface area contributed by atoms with Crippen LogP contribution < -0.4 is 14.8 Å². The van der Waals surface area contributed by atoms with Crippen molar-refractivity contribution in [3.8, 4) is 11.5 Å². The lowest BCUT2D eigenvalue weighted by molar-refractivity contribution is -0.132. The fourth-order valence-electron chi connectivity index (χ4n) is 2.58. The van der Waals surface area contributed by atoms with Crippen molar-refractivity contribution in [2.75, 3.05) is 12.9 Å². The lowest BCUT2D eigenvalue weighted by atomic mass is 10.1. The molecule has 25 heavy (non-hydrogen) atoms. The second kappa shape index (κ2) is 10.6. The van der Waals surface area contributed by atoms with Gasteiger partial charge in [0.05, 0.1) is 7.11 Å². The molecule has 0 radical (unpaired) electrons. The summed E-state index contributed by atoms with van der Waals surface area (Å²) in [5.74, 6) is 1.77. The normalized spacial score (nSPS) is 16.5. The van der Waals surface area contributed by atoms with Gasteiger partial charge < -0.3 is 14.8 Å². The second-order valence-electron chi connectivity index (χ2n) is 5.93. The predicted molar refractivity (Wildman–Crippen MR) is 103 cm³/mol. The molecule has 1 aromatic rings. The Morgan fingerprint density at radius 2 is 2.12 bits per heavy atom. The SMILES string of the molecule is COc1ccc(CNC(=O)CCCC[C@@H]2CCSS2)cc1OC(C)=O. The monoisotopic (exact) mass is 383 g/mol. The maximum atomic E-state index is 12.0. The summed E-state index contributed by atoms with van der Waals surface area (Å²) < 4.78 is 10.3. The molecule has 1 amide bonds.